The molecule has 1 aliphatic carbocycles. The van der Waals surface area contributed by atoms with Crippen LogP contribution in [-0.2, 0) is 14.3 Å². The molecule has 1 aliphatic heterocycles. The largest absolute Gasteiger partial charge is 0.481 e. The molecule has 1 heterocycles. The summed E-state index contributed by atoms with van der Waals surface area (Å²) in [5.74, 6) is -2.05. The van der Waals surface area contributed by atoms with Gasteiger partial charge < -0.3 is 20.1 Å². The van der Waals surface area contributed by atoms with Crippen molar-refractivity contribution in [2.24, 2.45) is 17.8 Å². The molecule has 0 saturated carbocycles. The van der Waals surface area contributed by atoms with Crippen LogP contribution < -0.4 is 5.32 Å². The predicted molar refractivity (Wildman–Crippen MR) is 124 cm³/mol. The van der Waals surface area contributed by atoms with E-state index in [1.807, 2.05) is 38.1 Å². The normalized spacial score (nSPS) is 20.1. The van der Waals surface area contributed by atoms with Gasteiger partial charge >= 0.3 is 12.1 Å². The van der Waals surface area contributed by atoms with Gasteiger partial charge in [-0.3, -0.25) is 9.59 Å². The van der Waals surface area contributed by atoms with Crippen molar-refractivity contribution < 1.29 is 24.2 Å². The third kappa shape index (κ3) is 4.58. The third-order valence-electron chi connectivity index (χ3n) is 6.92. The average molecular weight is 451 g/mol. The fourth-order valence-electron chi connectivity index (χ4n) is 4.99. The summed E-state index contributed by atoms with van der Waals surface area (Å²) in [7, 11) is 0. The second-order valence-corrected chi connectivity index (χ2v) is 8.98. The predicted octanol–water partition coefficient (Wildman–Crippen LogP) is 3.73. The smallest absolute Gasteiger partial charge is 0.407 e. The van der Waals surface area contributed by atoms with Gasteiger partial charge in [0.25, 0.3) is 0 Å². The number of aliphatic carboxylic acids is 1. The molecular weight excluding hydrogens is 420 g/mol. The Kier molecular flexibility index (Phi) is 6.67. The van der Waals surface area contributed by atoms with Gasteiger partial charge in [0.05, 0.1) is 11.8 Å². The lowest BCUT2D eigenvalue weighted by atomic mass is 9.98. The summed E-state index contributed by atoms with van der Waals surface area (Å²) in [6, 6.07) is 16.3. The van der Waals surface area contributed by atoms with Crippen LogP contribution in [0.4, 0.5) is 4.79 Å². The number of likely N-dealkylation sites (tertiary alicyclic amines) is 1. The number of rotatable bonds is 7. The van der Waals surface area contributed by atoms with Gasteiger partial charge in [-0.1, -0.05) is 62.4 Å². The maximum Gasteiger partial charge on any atom is 0.407 e. The topological polar surface area (TPSA) is 95.9 Å². The molecular formula is C26H30N2O5. The van der Waals surface area contributed by atoms with Gasteiger partial charge in [0.2, 0.25) is 5.91 Å². The molecule has 0 bridgehead atoms. The van der Waals surface area contributed by atoms with Crippen molar-refractivity contribution in [1.82, 2.24) is 10.2 Å². The highest BCUT2D eigenvalue weighted by Gasteiger charge is 2.38. The lowest BCUT2D eigenvalue weighted by Gasteiger charge is -2.23. The number of nitrogens with one attached hydrogen (secondary N) is 1. The van der Waals surface area contributed by atoms with Gasteiger partial charge in [0, 0.05) is 25.6 Å². The van der Waals surface area contributed by atoms with E-state index in [2.05, 4.69) is 29.6 Å². The molecule has 1 unspecified atom stereocenters. The summed E-state index contributed by atoms with van der Waals surface area (Å²) >= 11 is 0. The van der Waals surface area contributed by atoms with Crippen LogP contribution in [-0.4, -0.2) is 54.2 Å². The minimum absolute atomic E-state index is 0.0224. The quantitative estimate of drug-likeness (QED) is 0.670. The molecule has 4 rings (SSSR count). The number of hydrogen-bond donors (Lipinski definition) is 2. The van der Waals surface area contributed by atoms with E-state index in [1.54, 1.807) is 4.90 Å². The summed E-state index contributed by atoms with van der Waals surface area (Å²) in [5.41, 5.74) is 4.62. The number of benzene rings is 2. The van der Waals surface area contributed by atoms with E-state index in [-0.39, 0.29) is 37.4 Å². The monoisotopic (exact) mass is 450 g/mol. The summed E-state index contributed by atoms with van der Waals surface area (Å²) in [5, 5.41) is 12.0. The standard InChI is InChI=1S/C26H30N2O5/c1-3-17(24(29)28-13-16(2)22(14-28)25(30)31)12-27-26(32)33-15-23-20-10-6-4-8-18(20)19-9-5-7-11-21(19)23/h4-11,16-17,22-23H,3,12-15H2,1-2H3,(H,27,32)(H,30,31)/t16-,17?,22-/m1/s1. The molecule has 0 aromatic heterocycles. The van der Waals surface area contributed by atoms with Crippen molar-refractivity contribution in [3.05, 3.63) is 59.7 Å². The Labute approximate surface area is 193 Å². The Bertz CT molecular complexity index is 1010. The molecule has 3 atom stereocenters. The molecule has 33 heavy (non-hydrogen) atoms. The number of alkyl carbamates (subject to hydrolysis) is 1. The molecule has 1 fully saturated rings. The molecule has 2 amide bonds. The van der Waals surface area contributed by atoms with Crippen molar-refractivity contribution in [3.8, 4) is 11.1 Å². The number of ether oxygens (including phenoxy) is 1. The first-order valence-electron chi connectivity index (χ1n) is 11.5. The fraction of sp³-hybridized carbons (Fsp3) is 0.423. The van der Waals surface area contributed by atoms with Gasteiger partial charge in [-0.25, -0.2) is 4.79 Å². The minimum atomic E-state index is -0.873. The Balaban J connectivity index is 1.32. The first kappa shape index (κ1) is 22.8. The van der Waals surface area contributed by atoms with E-state index in [0.29, 0.717) is 13.0 Å². The van der Waals surface area contributed by atoms with Crippen LogP contribution in [0.3, 0.4) is 0 Å². The zero-order valence-electron chi connectivity index (χ0n) is 19.0. The van der Waals surface area contributed by atoms with Crippen LogP contribution in [0.25, 0.3) is 11.1 Å². The number of amides is 2. The highest BCUT2D eigenvalue weighted by atomic mass is 16.5. The summed E-state index contributed by atoms with van der Waals surface area (Å²) in [6.07, 6.45) is -0.00760. The lowest BCUT2D eigenvalue weighted by Crippen LogP contribution is -2.41. The molecule has 2 aromatic rings. The van der Waals surface area contributed by atoms with Crippen molar-refractivity contribution in [2.75, 3.05) is 26.2 Å². The SMILES string of the molecule is CCC(CNC(=O)OCC1c2ccccc2-c2ccccc21)C(=O)N1C[C@@H](C)[C@H](C(=O)O)C1. The van der Waals surface area contributed by atoms with Gasteiger partial charge in [-0.2, -0.15) is 0 Å². The van der Waals surface area contributed by atoms with Gasteiger partial charge in [-0.05, 0) is 34.6 Å². The Morgan fingerprint density at radius 3 is 2.21 bits per heavy atom. The van der Waals surface area contributed by atoms with Crippen LogP contribution in [0.15, 0.2) is 48.5 Å². The number of carbonyl (C=O) groups is 3. The number of carboxylic acid groups (broad SMARTS) is 1. The van der Waals surface area contributed by atoms with E-state index >= 15 is 0 Å². The minimum Gasteiger partial charge on any atom is -0.481 e. The van der Waals surface area contributed by atoms with Gasteiger partial charge in [0.1, 0.15) is 6.61 Å². The summed E-state index contributed by atoms with van der Waals surface area (Å²) in [6.45, 7) is 4.76. The molecule has 174 valence electrons. The zero-order chi connectivity index (χ0) is 23.5. The number of carbonyl (C=O) groups excluding carboxylic acids is 2. The maximum atomic E-state index is 12.9. The van der Waals surface area contributed by atoms with Crippen LogP contribution in [0.2, 0.25) is 0 Å². The zero-order valence-corrected chi connectivity index (χ0v) is 19.0. The number of hydrogen-bond acceptors (Lipinski definition) is 4. The maximum absolute atomic E-state index is 12.9. The van der Waals surface area contributed by atoms with Crippen molar-refractivity contribution >= 4 is 18.0 Å². The van der Waals surface area contributed by atoms with E-state index < -0.39 is 23.9 Å². The molecule has 2 aliphatic rings. The Morgan fingerprint density at radius 2 is 1.67 bits per heavy atom. The first-order valence-corrected chi connectivity index (χ1v) is 11.5. The number of fused-ring (bicyclic) bond motifs is 3. The lowest BCUT2D eigenvalue weighted by molar-refractivity contribution is -0.142. The highest BCUT2D eigenvalue weighted by molar-refractivity contribution is 5.82. The molecule has 7 nitrogen and oxygen atoms in total. The van der Waals surface area contributed by atoms with E-state index in [1.165, 1.54) is 11.1 Å². The molecule has 1 saturated heterocycles. The van der Waals surface area contributed by atoms with Crippen molar-refractivity contribution in [3.63, 3.8) is 0 Å². The van der Waals surface area contributed by atoms with Crippen LogP contribution in [0, 0.1) is 17.8 Å². The molecule has 7 heteroatoms. The van der Waals surface area contributed by atoms with E-state index in [0.717, 1.165) is 11.1 Å². The molecule has 0 spiro atoms. The van der Waals surface area contributed by atoms with Crippen LogP contribution in [0.1, 0.15) is 37.3 Å². The van der Waals surface area contributed by atoms with E-state index in [9.17, 15) is 19.5 Å². The summed E-state index contributed by atoms with van der Waals surface area (Å²) < 4.78 is 5.55. The Morgan fingerprint density at radius 1 is 1.06 bits per heavy atom. The number of nitrogens with zero attached hydrogens (tertiary/aromatic N) is 1. The molecule has 2 N–H and O–H groups in total. The first-order chi connectivity index (χ1) is 15.9. The Hall–Kier alpha value is -3.35. The van der Waals surface area contributed by atoms with Gasteiger partial charge in [-0.15, -0.1) is 0 Å². The third-order valence-corrected chi connectivity index (χ3v) is 6.92. The van der Waals surface area contributed by atoms with Crippen molar-refractivity contribution in [2.45, 2.75) is 26.2 Å². The number of carboxylic acids is 1. The molecule has 0 radical (unpaired) electrons. The second-order valence-electron chi connectivity index (χ2n) is 8.98. The van der Waals surface area contributed by atoms with Crippen LogP contribution >= 0.6 is 0 Å². The van der Waals surface area contributed by atoms with Crippen molar-refractivity contribution in [1.29, 1.82) is 0 Å². The van der Waals surface area contributed by atoms with Gasteiger partial charge in [0.15, 0.2) is 0 Å². The molecule has 2 aromatic carbocycles. The van der Waals surface area contributed by atoms with Crippen LogP contribution in [0.5, 0.6) is 0 Å². The average Bonchev–Trinajstić information content (AvgIpc) is 3.36. The highest BCUT2D eigenvalue weighted by Crippen LogP contribution is 2.44. The van der Waals surface area contributed by atoms with E-state index in [4.69, 9.17) is 4.74 Å². The second kappa shape index (κ2) is 9.65. The summed E-state index contributed by atoms with van der Waals surface area (Å²) in [4.78, 5) is 38.3. The fourth-order valence-corrected chi connectivity index (χ4v) is 4.99.